The molecule has 0 aliphatic heterocycles. The number of esters is 1. The van der Waals surface area contributed by atoms with Gasteiger partial charge in [-0.3, -0.25) is 14.4 Å². The highest BCUT2D eigenvalue weighted by atomic mass is 16.6. The number of rotatable bonds is 6. The van der Waals surface area contributed by atoms with E-state index in [4.69, 9.17) is 9.47 Å². The molecule has 8 heteroatoms. The van der Waals surface area contributed by atoms with Gasteiger partial charge < -0.3 is 14.8 Å². The number of ether oxygens (including phenoxy) is 2. The van der Waals surface area contributed by atoms with Gasteiger partial charge in [0.15, 0.2) is 0 Å². The monoisotopic (exact) mass is 389 g/mol. The summed E-state index contributed by atoms with van der Waals surface area (Å²) in [5.74, 6) is 0.299. The summed E-state index contributed by atoms with van der Waals surface area (Å²) >= 11 is 0. The first-order valence-electron chi connectivity index (χ1n) is 8.91. The van der Waals surface area contributed by atoms with Crippen LogP contribution in [0.1, 0.15) is 34.6 Å². The topological polar surface area (TPSA) is 110 Å². The number of hydrogen-bond donors (Lipinski definition) is 2. The highest BCUT2D eigenvalue weighted by molar-refractivity contribution is 5.73. The molecule has 1 aromatic carbocycles. The van der Waals surface area contributed by atoms with E-state index < -0.39 is 0 Å². The summed E-state index contributed by atoms with van der Waals surface area (Å²) in [7, 11) is 0. The number of benzene rings is 1. The Morgan fingerprint density at radius 3 is 2.29 bits per heavy atom. The quantitative estimate of drug-likeness (QED) is 0.734. The van der Waals surface area contributed by atoms with E-state index in [2.05, 4.69) is 15.5 Å². The number of amides is 1. The largest absolute Gasteiger partial charge is 0.489 e. The number of carbonyl (C=O) groups is 2. The highest BCUT2D eigenvalue weighted by Gasteiger charge is 2.10. The van der Waals surface area contributed by atoms with Gasteiger partial charge in [0.05, 0.1) is 5.69 Å². The SMILES string of the molecule is CC(=O)NC(C)C.CC(=O)OC(C)COc1ccccc1-c1ccc(=O)[nH]n1. The van der Waals surface area contributed by atoms with Gasteiger partial charge in [-0.1, -0.05) is 12.1 Å². The minimum atomic E-state index is -0.348. The van der Waals surface area contributed by atoms with Crippen LogP contribution < -0.4 is 15.6 Å². The van der Waals surface area contributed by atoms with Gasteiger partial charge in [0.1, 0.15) is 18.5 Å². The number of aromatic amines is 1. The van der Waals surface area contributed by atoms with Crippen molar-refractivity contribution in [2.45, 2.75) is 46.8 Å². The third-order valence-corrected chi connectivity index (χ3v) is 3.17. The normalized spacial score (nSPS) is 11.1. The fraction of sp³-hybridized carbons (Fsp3) is 0.400. The van der Waals surface area contributed by atoms with Crippen LogP contribution in [-0.2, 0) is 14.3 Å². The zero-order chi connectivity index (χ0) is 21.1. The van der Waals surface area contributed by atoms with Gasteiger partial charge in [-0.25, -0.2) is 5.10 Å². The van der Waals surface area contributed by atoms with Crippen molar-refractivity contribution in [1.29, 1.82) is 0 Å². The van der Waals surface area contributed by atoms with Crippen molar-refractivity contribution >= 4 is 11.9 Å². The van der Waals surface area contributed by atoms with Crippen molar-refractivity contribution in [3.63, 3.8) is 0 Å². The van der Waals surface area contributed by atoms with Gasteiger partial charge in [-0.2, -0.15) is 5.10 Å². The van der Waals surface area contributed by atoms with Gasteiger partial charge in [-0.15, -0.1) is 0 Å². The lowest BCUT2D eigenvalue weighted by atomic mass is 10.1. The third kappa shape index (κ3) is 8.98. The molecule has 2 rings (SSSR count). The molecule has 1 atom stereocenters. The predicted octanol–water partition coefficient (Wildman–Crippen LogP) is 2.30. The summed E-state index contributed by atoms with van der Waals surface area (Å²) in [6.07, 6.45) is -0.348. The molecule has 0 spiro atoms. The van der Waals surface area contributed by atoms with E-state index in [1.807, 2.05) is 32.0 Å². The molecule has 0 fully saturated rings. The van der Waals surface area contributed by atoms with Crippen LogP contribution >= 0.6 is 0 Å². The van der Waals surface area contributed by atoms with E-state index in [1.54, 1.807) is 19.1 Å². The number of para-hydroxylation sites is 1. The molecule has 1 unspecified atom stereocenters. The smallest absolute Gasteiger partial charge is 0.303 e. The second-order valence-corrected chi connectivity index (χ2v) is 6.39. The molecule has 0 bridgehead atoms. The Morgan fingerprint density at radius 2 is 1.79 bits per heavy atom. The van der Waals surface area contributed by atoms with Crippen LogP contribution in [0.5, 0.6) is 5.75 Å². The molecule has 0 saturated heterocycles. The molecule has 8 nitrogen and oxygen atoms in total. The van der Waals surface area contributed by atoms with Crippen LogP contribution in [0, 0.1) is 0 Å². The molecule has 2 N–H and O–H groups in total. The predicted molar refractivity (Wildman–Crippen MR) is 106 cm³/mol. The minimum absolute atomic E-state index is 0.0370. The first-order valence-corrected chi connectivity index (χ1v) is 8.91. The minimum Gasteiger partial charge on any atom is -0.489 e. The van der Waals surface area contributed by atoms with E-state index in [9.17, 15) is 14.4 Å². The third-order valence-electron chi connectivity index (χ3n) is 3.17. The summed E-state index contributed by atoms with van der Waals surface area (Å²) in [4.78, 5) is 32.1. The zero-order valence-electron chi connectivity index (χ0n) is 16.8. The number of aromatic nitrogens is 2. The van der Waals surface area contributed by atoms with Crippen molar-refractivity contribution in [3.8, 4) is 17.0 Å². The highest BCUT2D eigenvalue weighted by Crippen LogP contribution is 2.27. The number of nitrogens with zero attached hydrogens (tertiary/aromatic N) is 1. The van der Waals surface area contributed by atoms with Gasteiger partial charge >= 0.3 is 5.97 Å². The number of hydrogen-bond acceptors (Lipinski definition) is 6. The Labute approximate surface area is 164 Å². The molecule has 1 aromatic heterocycles. The van der Waals surface area contributed by atoms with E-state index >= 15 is 0 Å². The van der Waals surface area contributed by atoms with Crippen molar-refractivity contribution in [2.24, 2.45) is 0 Å². The Balaban J connectivity index is 0.000000480. The average molecular weight is 389 g/mol. The Morgan fingerprint density at radius 1 is 1.11 bits per heavy atom. The van der Waals surface area contributed by atoms with Crippen LogP contribution in [0.4, 0.5) is 0 Å². The lowest BCUT2D eigenvalue weighted by Gasteiger charge is -2.15. The van der Waals surface area contributed by atoms with Gasteiger partial charge in [0.2, 0.25) is 5.91 Å². The lowest BCUT2D eigenvalue weighted by molar-refractivity contribution is -0.146. The first kappa shape index (κ1) is 22.9. The zero-order valence-corrected chi connectivity index (χ0v) is 16.8. The molecule has 1 amide bonds. The van der Waals surface area contributed by atoms with Gasteiger partial charge in [-0.05, 0) is 39.0 Å². The fourth-order valence-electron chi connectivity index (χ4n) is 2.23. The van der Waals surface area contributed by atoms with Crippen molar-refractivity contribution in [3.05, 3.63) is 46.8 Å². The number of nitrogens with one attached hydrogen (secondary N) is 2. The number of carbonyl (C=O) groups excluding carboxylic acids is 2. The van der Waals surface area contributed by atoms with Crippen molar-refractivity contribution in [1.82, 2.24) is 15.5 Å². The summed E-state index contributed by atoms with van der Waals surface area (Å²) in [5.41, 5.74) is 1.09. The van der Waals surface area contributed by atoms with Crippen molar-refractivity contribution in [2.75, 3.05) is 6.61 Å². The molecule has 0 saturated carbocycles. The van der Waals surface area contributed by atoms with Crippen LogP contribution in [-0.4, -0.2) is 40.8 Å². The first-order chi connectivity index (χ1) is 13.2. The molecule has 1 heterocycles. The van der Waals surface area contributed by atoms with Crippen LogP contribution in [0.2, 0.25) is 0 Å². The Kier molecular flexibility index (Phi) is 9.42. The van der Waals surface area contributed by atoms with E-state index in [0.717, 1.165) is 5.56 Å². The summed E-state index contributed by atoms with van der Waals surface area (Å²) in [6.45, 7) is 8.72. The fourth-order valence-corrected chi connectivity index (χ4v) is 2.23. The molecule has 2 aromatic rings. The molecule has 152 valence electrons. The van der Waals surface area contributed by atoms with Crippen LogP contribution in [0.25, 0.3) is 11.3 Å². The second-order valence-electron chi connectivity index (χ2n) is 6.39. The second kappa shape index (κ2) is 11.5. The summed E-state index contributed by atoms with van der Waals surface area (Å²) < 4.78 is 10.7. The van der Waals surface area contributed by atoms with E-state index in [-0.39, 0.29) is 36.2 Å². The molecule has 0 aliphatic carbocycles. The maximum atomic E-state index is 11.1. The van der Waals surface area contributed by atoms with Gasteiger partial charge in [0, 0.05) is 31.5 Å². The van der Waals surface area contributed by atoms with E-state index in [1.165, 1.54) is 19.9 Å². The lowest BCUT2D eigenvalue weighted by Crippen LogP contribution is -2.27. The maximum absolute atomic E-state index is 11.1. The molecular weight excluding hydrogens is 362 g/mol. The average Bonchev–Trinajstić information content (AvgIpc) is 2.60. The summed E-state index contributed by atoms with van der Waals surface area (Å²) in [6, 6.07) is 10.6. The Hall–Kier alpha value is -3.16. The molecule has 0 radical (unpaired) electrons. The number of H-pyrrole nitrogens is 1. The molecule has 0 aliphatic rings. The molecule has 28 heavy (non-hydrogen) atoms. The van der Waals surface area contributed by atoms with Crippen molar-refractivity contribution < 1.29 is 19.1 Å². The standard InChI is InChI=1S/C15H16N2O4.C5H11NO/c1-10(21-11(2)18)9-20-14-6-4-3-5-12(14)13-7-8-15(19)17-16-13;1-4(2)6-5(3)7/h3-8,10H,9H2,1-2H3,(H,17,19);4H,1-3H3,(H,6,7). The van der Waals surface area contributed by atoms with Crippen LogP contribution in [0.3, 0.4) is 0 Å². The van der Waals surface area contributed by atoms with Gasteiger partial charge in [0.25, 0.3) is 5.56 Å². The summed E-state index contributed by atoms with van der Waals surface area (Å²) in [5, 5.41) is 9.03. The van der Waals surface area contributed by atoms with E-state index in [0.29, 0.717) is 11.4 Å². The molecular formula is C20H27N3O5. The van der Waals surface area contributed by atoms with Crippen LogP contribution in [0.15, 0.2) is 41.2 Å². The Bertz CT molecular complexity index is 812. The maximum Gasteiger partial charge on any atom is 0.303 e.